The molecule has 104 valence electrons. The van der Waals surface area contributed by atoms with Crippen molar-refractivity contribution in [2.45, 2.75) is 32.4 Å². The number of carbonyl (C=O) groups excluding carboxylic acids is 1. The van der Waals surface area contributed by atoms with Crippen molar-refractivity contribution in [2.75, 3.05) is 0 Å². The smallest absolute Gasteiger partial charge is 0.254 e. The lowest BCUT2D eigenvalue weighted by molar-refractivity contribution is 0.0729. The molecule has 1 aliphatic rings. The van der Waals surface area contributed by atoms with Gasteiger partial charge in [0.25, 0.3) is 5.91 Å². The molecule has 3 rings (SSSR count). The first-order chi connectivity index (χ1) is 9.65. The summed E-state index contributed by atoms with van der Waals surface area (Å²) in [4.78, 5) is 14.6. The summed E-state index contributed by atoms with van der Waals surface area (Å²) >= 11 is 1.64. The van der Waals surface area contributed by atoms with E-state index in [1.54, 1.807) is 24.3 Å². The molecule has 2 aromatic rings. The summed E-state index contributed by atoms with van der Waals surface area (Å²) in [6, 6.07) is 6.76. The second-order valence-electron chi connectivity index (χ2n) is 5.26. The van der Waals surface area contributed by atoms with E-state index in [4.69, 9.17) is 0 Å². The van der Waals surface area contributed by atoms with E-state index >= 15 is 0 Å². The standard InChI is InChI=1S/C16H16FNOS/c1-11-8-13(17)2-5-15(11)16(19)18(14-3-4-14)9-12-6-7-20-10-12/h2,5-8,10,14H,3-4,9H2,1H3. The third kappa shape index (κ3) is 2.75. The van der Waals surface area contributed by atoms with Crippen molar-refractivity contribution >= 4 is 17.2 Å². The lowest BCUT2D eigenvalue weighted by Crippen LogP contribution is -2.32. The Kier molecular flexibility index (Phi) is 3.57. The third-order valence-corrected chi connectivity index (χ3v) is 4.33. The van der Waals surface area contributed by atoms with Gasteiger partial charge in [-0.3, -0.25) is 4.79 Å². The van der Waals surface area contributed by atoms with Crippen LogP contribution in [0.3, 0.4) is 0 Å². The summed E-state index contributed by atoms with van der Waals surface area (Å²) in [6.45, 7) is 2.43. The van der Waals surface area contributed by atoms with Crippen molar-refractivity contribution in [2.24, 2.45) is 0 Å². The molecule has 1 aromatic heterocycles. The number of halogens is 1. The number of aryl methyl sites for hydroxylation is 1. The first kappa shape index (κ1) is 13.3. The molecular formula is C16H16FNOS. The van der Waals surface area contributed by atoms with Crippen molar-refractivity contribution in [1.82, 2.24) is 4.90 Å². The van der Waals surface area contributed by atoms with Gasteiger partial charge in [0.05, 0.1) is 0 Å². The summed E-state index contributed by atoms with van der Waals surface area (Å²) < 4.78 is 13.2. The number of hydrogen-bond acceptors (Lipinski definition) is 2. The molecule has 0 saturated heterocycles. The van der Waals surface area contributed by atoms with Crippen LogP contribution in [0.25, 0.3) is 0 Å². The molecule has 4 heteroatoms. The Morgan fingerprint density at radius 3 is 2.80 bits per heavy atom. The Hall–Kier alpha value is -1.68. The van der Waals surface area contributed by atoms with Crippen LogP contribution < -0.4 is 0 Å². The molecule has 1 heterocycles. The Bertz CT molecular complexity index is 619. The highest BCUT2D eigenvalue weighted by Crippen LogP contribution is 2.30. The van der Waals surface area contributed by atoms with E-state index in [9.17, 15) is 9.18 Å². The van der Waals surface area contributed by atoms with Gasteiger partial charge in [0.1, 0.15) is 5.82 Å². The Balaban J connectivity index is 1.85. The fraction of sp³-hybridized carbons (Fsp3) is 0.312. The van der Waals surface area contributed by atoms with Gasteiger partial charge in [-0.2, -0.15) is 11.3 Å². The minimum atomic E-state index is -0.296. The Labute approximate surface area is 121 Å². The van der Waals surface area contributed by atoms with Crippen molar-refractivity contribution in [3.63, 3.8) is 0 Å². The van der Waals surface area contributed by atoms with Gasteiger partial charge in [0, 0.05) is 18.2 Å². The van der Waals surface area contributed by atoms with E-state index in [0.717, 1.165) is 18.4 Å². The number of amides is 1. The summed E-state index contributed by atoms with van der Waals surface area (Å²) in [5.74, 6) is -0.286. The van der Waals surface area contributed by atoms with E-state index in [1.165, 1.54) is 12.1 Å². The number of carbonyl (C=O) groups is 1. The molecule has 0 radical (unpaired) electrons. The Morgan fingerprint density at radius 1 is 1.40 bits per heavy atom. The normalized spacial score (nSPS) is 14.3. The van der Waals surface area contributed by atoms with Gasteiger partial charge in [-0.15, -0.1) is 0 Å². The van der Waals surface area contributed by atoms with E-state index < -0.39 is 0 Å². The molecule has 0 atom stereocenters. The predicted molar refractivity (Wildman–Crippen MR) is 78.4 cm³/mol. The van der Waals surface area contributed by atoms with Crippen LogP contribution in [0.5, 0.6) is 0 Å². The van der Waals surface area contributed by atoms with Gasteiger partial charge >= 0.3 is 0 Å². The van der Waals surface area contributed by atoms with Crippen molar-refractivity contribution in [3.05, 3.63) is 57.5 Å². The van der Waals surface area contributed by atoms with Crippen LogP contribution in [0, 0.1) is 12.7 Å². The first-order valence-electron chi connectivity index (χ1n) is 6.73. The summed E-state index contributed by atoms with van der Waals surface area (Å²) in [6.07, 6.45) is 2.13. The molecule has 1 aromatic carbocycles. The van der Waals surface area contributed by atoms with Crippen LogP contribution in [0.1, 0.15) is 34.3 Å². The van der Waals surface area contributed by atoms with Crippen LogP contribution in [0.2, 0.25) is 0 Å². The average Bonchev–Trinajstić information content (AvgIpc) is 3.12. The zero-order valence-corrected chi connectivity index (χ0v) is 12.1. The maximum Gasteiger partial charge on any atom is 0.254 e. The minimum absolute atomic E-state index is 0.0104. The number of nitrogens with zero attached hydrogens (tertiary/aromatic N) is 1. The molecule has 0 N–H and O–H groups in total. The lowest BCUT2D eigenvalue weighted by atomic mass is 10.1. The molecule has 1 aliphatic carbocycles. The number of hydrogen-bond donors (Lipinski definition) is 0. The summed E-state index contributed by atoms with van der Waals surface area (Å²) in [5, 5.41) is 4.09. The fourth-order valence-corrected chi connectivity index (χ4v) is 3.01. The first-order valence-corrected chi connectivity index (χ1v) is 7.67. The van der Waals surface area contributed by atoms with Gasteiger partial charge in [0.2, 0.25) is 0 Å². The number of rotatable bonds is 4. The number of thiophene rings is 1. The van der Waals surface area contributed by atoms with Crippen molar-refractivity contribution in [1.29, 1.82) is 0 Å². The van der Waals surface area contributed by atoms with Gasteiger partial charge in [-0.25, -0.2) is 4.39 Å². The zero-order valence-electron chi connectivity index (χ0n) is 11.3. The van der Waals surface area contributed by atoms with Crippen LogP contribution in [-0.2, 0) is 6.54 Å². The molecule has 0 spiro atoms. The topological polar surface area (TPSA) is 20.3 Å². The predicted octanol–water partition coefficient (Wildman–Crippen LogP) is 4.00. The molecule has 1 saturated carbocycles. The molecule has 0 aliphatic heterocycles. The van der Waals surface area contributed by atoms with E-state index in [-0.39, 0.29) is 11.7 Å². The van der Waals surface area contributed by atoms with Gasteiger partial charge < -0.3 is 4.90 Å². The highest BCUT2D eigenvalue weighted by molar-refractivity contribution is 7.07. The SMILES string of the molecule is Cc1cc(F)ccc1C(=O)N(Cc1ccsc1)C1CC1. The van der Waals surface area contributed by atoms with Gasteiger partial charge in [-0.1, -0.05) is 0 Å². The highest BCUT2D eigenvalue weighted by atomic mass is 32.1. The van der Waals surface area contributed by atoms with Crippen LogP contribution >= 0.6 is 11.3 Å². The second-order valence-corrected chi connectivity index (χ2v) is 6.04. The summed E-state index contributed by atoms with van der Waals surface area (Å²) in [7, 11) is 0. The summed E-state index contributed by atoms with van der Waals surface area (Å²) in [5.41, 5.74) is 2.47. The number of benzene rings is 1. The van der Waals surface area contributed by atoms with Crippen LogP contribution in [0.4, 0.5) is 4.39 Å². The maximum atomic E-state index is 13.2. The molecule has 1 fully saturated rings. The quantitative estimate of drug-likeness (QED) is 0.833. The zero-order chi connectivity index (χ0) is 14.1. The van der Waals surface area contributed by atoms with Gasteiger partial charge in [-0.05, 0) is 65.9 Å². The van der Waals surface area contributed by atoms with Gasteiger partial charge in [0.15, 0.2) is 0 Å². The van der Waals surface area contributed by atoms with E-state index in [0.29, 0.717) is 23.7 Å². The van der Waals surface area contributed by atoms with E-state index in [2.05, 4.69) is 5.38 Å². The lowest BCUT2D eigenvalue weighted by Gasteiger charge is -2.23. The molecule has 0 bridgehead atoms. The minimum Gasteiger partial charge on any atom is -0.331 e. The van der Waals surface area contributed by atoms with E-state index in [1.807, 2.05) is 16.3 Å². The van der Waals surface area contributed by atoms with Crippen LogP contribution in [0.15, 0.2) is 35.0 Å². The largest absolute Gasteiger partial charge is 0.331 e. The highest BCUT2D eigenvalue weighted by Gasteiger charge is 2.33. The Morgan fingerprint density at radius 2 is 2.20 bits per heavy atom. The fourth-order valence-electron chi connectivity index (χ4n) is 2.35. The van der Waals surface area contributed by atoms with Crippen molar-refractivity contribution in [3.8, 4) is 0 Å². The molecule has 0 unspecified atom stereocenters. The average molecular weight is 289 g/mol. The van der Waals surface area contributed by atoms with Crippen molar-refractivity contribution < 1.29 is 9.18 Å². The van der Waals surface area contributed by atoms with Crippen LogP contribution in [-0.4, -0.2) is 16.8 Å². The molecule has 1 amide bonds. The molecular weight excluding hydrogens is 273 g/mol. The third-order valence-electron chi connectivity index (χ3n) is 3.60. The second kappa shape index (κ2) is 5.37. The maximum absolute atomic E-state index is 13.2. The monoisotopic (exact) mass is 289 g/mol. The molecule has 2 nitrogen and oxygen atoms in total. The molecule has 20 heavy (non-hydrogen) atoms.